The van der Waals surface area contributed by atoms with E-state index in [9.17, 15) is 14.9 Å². The quantitative estimate of drug-likeness (QED) is 0.240. The van der Waals surface area contributed by atoms with E-state index in [-0.39, 0.29) is 11.3 Å². The van der Waals surface area contributed by atoms with E-state index < -0.39 is 10.8 Å². The molecule has 1 aromatic heterocycles. The van der Waals surface area contributed by atoms with Gasteiger partial charge in [0.05, 0.1) is 4.92 Å². The lowest BCUT2D eigenvalue weighted by atomic mass is 10.1. The third-order valence-electron chi connectivity index (χ3n) is 4.92. The highest BCUT2D eigenvalue weighted by molar-refractivity contribution is 6.07. The van der Waals surface area contributed by atoms with Gasteiger partial charge in [0.15, 0.2) is 0 Å². The number of hydrogen-bond acceptors (Lipinski definition) is 7. The summed E-state index contributed by atoms with van der Waals surface area (Å²) in [7, 11) is 0. The summed E-state index contributed by atoms with van der Waals surface area (Å²) in [6, 6.07) is 22.6. The van der Waals surface area contributed by atoms with Crippen molar-refractivity contribution in [2.75, 3.05) is 16.0 Å². The molecule has 0 aliphatic rings. The molecule has 4 aromatic rings. The van der Waals surface area contributed by atoms with E-state index in [0.717, 1.165) is 17.1 Å². The molecule has 170 valence electrons. The molecule has 34 heavy (non-hydrogen) atoms. The molecular formula is C25H22N6O3. The third kappa shape index (κ3) is 5.52. The van der Waals surface area contributed by atoms with Crippen molar-refractivity contribution < 1.29 is 9.72 Å². The first kappa shape index (κ1) is 22.4. The standard InChI is InChI=1S/C25H22N6O3/c1-16-7-9-18(10-8-16)27-23-15-17(2)26-25(30-23)29-20-13-11-19(12-14-20)28-24(32)21-5-3-4-6-22(21)31(33)34/h3-15H,1-2H3,(H,28,32)(H2,26,27,29,30). The SMILES string of the molecule is Cc1ccc(Nc2cc(C)nc(Nc3ccc(NC(=O)c4ccccc4[N+](=O)[O-])cc3)n2)cc1. The Balaban J connectivity index is 1.45. The van der Waals surface area contributed by atoms with E-state index in [4.69, 9.17) is 0 Å². The summed E-state index contributed by atoms with van der Waals surface area (Å²) in [6.07, 6.45) is 0. The first-order chi connectivity index (χ1) is 16.4. The molecule has 4 rings (SSSR count). The van der Waals surface area contributed by atoms with Gasteiger partial charge in [-0.05, 0) is 56.3 Å². The van der Waals surface area contributed by atoms with Crippen molar-refractivity contribution in [1.29, 1.82) is 0 Å². The van der Waals surface area contributed by atoms with Crippen molar-refractivity contribution in [3.05, 3.63) is 106 Å². The van der Waals surface area contributed by atoms with Crippen LogP contribution < -0.4 is 16.0 Å². The number of nitrogens with one attached hydrogen (secondary N) is 3. The number of para-hydroxylation sites is 1. The van der Waals surface area contributed by atoms with Gasteiger partial charge in [-0.3, -0.25) is 14.9 Å². The second-order valence-corrected chi connectivity index (χ2v) is 7.64. The second-order valence-electron chi connectivity index (χ2n) is 7.64. The third-order valence-corrected chi connectivity index (χ3v) is 4.92. The van der Waals surface area contributed by atoms with Crippen LogP contribution in [0.4, 0.5) is 34.5 Å². The Labute approximate surface area is 196 Å². The molecular weight excluding hydrogens is 432 g/mol. The average molecular weight is 454 g/mol. The first-order valence-corrected chi connectivity index (χ1v) is 10.5. The fourth-order valence-corrected chi connectivity index (χ4v) is 3.26. The van der Waals surface area contributed by atoms with Crippen LogP contribution in [0.5, 0.6) is 0 Å². The number of nitro groups is 1. The lowest BCUT2D eigenvalue weighted by Crippen LogP contribution is -2.13. The number of aryl methyl sites for hydroxylation is 2. The van der Waals surface area contributed by atoms with E-state index in [0.29, 0.717) is 17.5 Å². The van der Waals surface area contributed by atoms with Crippen LogP contribution in [-0.4, -0.2) is 20.8 Å². The van der Waals surface area contributed by atoms with Crippen LogP contribution in [0, 0.1) is 24.0 Å². The maximum Gasteiger partial charge on any atom is 0.282 e. The minimum atomic E-state index is -0.578. The smallest absolute Gasteiger partial charge is 0.282 e. The summed E-state index contributed by atoms with van der Waals surface area (Å²) in [5.74, 6) is 0.528. The molecule has 0 spiro atoms. The zero-order chi connectivity index (χ0) is 24.1. The molecule has 9 heteroatoms. The zero-order valence-electron chi connectivity index (χ0n) is 18.6. The fraction of sp³-hybridized carbons (Fsp3) is 0.0800. The number of aromatic nitrogens is 2. The molecule has 0 atom stereocenters. The van der Waals surface area contributed by atoms with E-state index >= 15 is 0 Å². The molecule has 0 bridgehead atoms. The van der Waals surface area contributed by atoms with Gasteiger partial charge in [-0.25, -0.2) is 4.98 Å². The predicted molar refractivity (Wildman–Crippen MR) is 132 cm³/mol. The van der Waals surface area contributed by atoms with Gasteiger partial charge in [-0.15, -0.1) is 0 Å². The topological polar surface area (TPSA) is 122 Å². The highest BCUT2D eigenvalue weighted by Crippen LogP contribution is 2.22. The lowest BCUT2D eigenvalue weighted by molar-refractivity contribution is -0.385. The van der Waals surface area contributed by atoms with Gasteiger partial charge in [-0.1, -0.05) is 29.8 Å². The fourth-order valence-electron chi connectivity index (χ4n) is 3.26. The minimum Gasteiger partial charge on any atom is -0.340 e. The number of benzene rings is 3. The molecule has 3 N–H and O–H groups in total. The molecule has 0 aliphatic carbocycles. The van der Waals surface area contributed by atoms with Crippen molar-refractivity contribution >= 4 is 40.4 Å². The normalized spacial score (nSPS) is 10.4. The lowest BCUT2D eigenvalue weighted by Gasteiger charge is -2.11. The van der Waals surface area contributed by atoms with Crippen LogP contribution in [0.1, 0.15) is 21.6 Å². The van der Waals surface area contributed by atoms with Gasteiger partial charge in [0.2, 0.25) is 5.95 Å². The number of nitrogens with zero attached hydrogens (tertiary/aromatic N) is 3. The predicted octanol–water partition coefficient (Wildman–Crippen LogP) is 5.74. The molecule has 9 nitrogen and oxygen atoms in total. The minimum absolute atomic E-state index is 0.00327. The molecule has 0 fully saturated rings. The van der Waals surface area contributed by atoms with Crippen LogP contribution >= 0.6 is 0 Å². The van der Waals surface area contributed by atoms with Crippen LogP contribution in [0.2, 0.25) is 0 Å². The molecule has 3 aromatic carbocycles. The molecule has 0 radical (unpaired) electrons. The number of rotatable bonds is 7. The maximum absolute atomic E-state index is 12.5. The summed E-state index contributed by atoms with van der Waals surface area (Å²) >= 11 is 0. The van der Waals surface area contributed by atoms with Crippen LogP contribution in [0.25, 0.3) is 0 Å². The largest absolute Gasteiger partial charge is 0.340 e. The van der Waals surface area contributed by atoms with Crippen molar-refractivity contribution in [2.45, 2.75) is 13.8 Å². The highest BCUT2D eigenvalue weighted by atomic mass is 16.6. The molecule has 0 aliphatic heterocycles. The van der Waals surface area contributed by atoms with Gasteiger partial charge in [-0.2, -0.15) is 4.98 Å². The number of carbonyl (C=O) groups excluding carboxylic acids is 1. The Morgan fingerprint density at radius 2 is 1.44 bits per heavy atom. The second kappa shape index (κ2) is 9.78. The Hall–Kier alpha value is -4.79. The average Bonchev–Trinajstić information content (AvgIpc) is 2.81. The van der Waals surface area contributed by atoms with Crippen LogP contribution in [-0.2, 0) is 0 Å². The molecule has 1 amide bonds. The molecule has 0 saturated carbocycles. The first-order valence-electron chi connectivity index (χ1n) is 10.5. The Morgan fingerprint density at radius 3 is 2.15 bits per heavy atom. The van der Waals surface area contributed by atoms with Gasteiger partial charge in [0, 0.05) is 34.9 Å². The Kier molecular flexibility index (Phi) is 6.45. The van der Waals surface area contributed by atoms with E-state index in [1.165, 1.54) is 23.8 Å². The van der Waals surface area contributed by atoms with Gasteiger partial charge < -0.3 is 16.0 Å². The maximum atomic E-state index is 12.5. The monoisotopic (exact) mass is 454 g/mol. The highest BCUT2D eigenvalue weighted by Gasteiger charge is 2.19. The van der Waals surface area contributed by atoms with Crippen molar-refractivity contribution in [2.24, 2.45) is 0 Å². The summed E-state index contributed by atoms with van der Waals surface area (Å²) in [4.78, 5) is 32.0. The van der Waals surface area contributed by atoms with Crippen molar-refractivity contribution in [1.82, 2.24) is 9.97 Å². The van der Waals surface area contributed by atoms with Gasteiger partial charge in [0.1, 0.15) is 11.4 Å². The van der Waals surface area contributed by atoms with E-state index in [1.54, 1.807) is 30.3 Å². The Bertz CT molecular complexity index is 1340. The van der Waals surface area contributed by atoms with Crippen LogP contribution in [0.15, 0.2) is 78.9 Å². The summed E-state index contributed by atoms with van der Waals surface area (Å²) in [6.45, 7) is 3.91. The van der Waals surface area contributed by atoms with Gasteiger partial charge in [0.25, 0.3) is 11.6 Å². The van der Waals surface area contributed by atoms with Crippen LogP contribution in [0.3, 0.4) is 0 Å². The molecule has 0 saturated heterocycles. The summed E-state index contributed by atoms with van der Waals surface area (Å²) in [5.41, 5.74) is 3.86. The summed E-state index contributed by atoms with van der Waals surface area (Å²) < 4.78 is 0. The van der Waals surface area contributed by atoms with E-state index in [2.05, 4.69) is 25.9 Å². The van der Waals surface area contributed by atoms with E-state index in [1.807, 2.05) is 44.2 Å². The molecule has 0 unspecified atom stereocenters. The molecule has 1 heterocycles. The zero-order valence-corrected chi connectivity index (χ0v) is 18.6. The summed E-state index contributed by atoms with van der Waals surface area (Å²) in [5, 5.41) is 20.3. The number of anilines is 5. The van der Waals surface area contributed by atoms with Crippen molar-refractivity contribution in [3.63, 3.8) is 0 Å². The van der Waals surface area contributed by atoms with Gasteiger partial charge >= 0.3 is 0 Å². The number of hydrogen-bond donors (Lipinski definition) is 3. The number of carbonyl (C=O) groups is 1. The number of amides is 1. The van der Waals surface area contributed by atoms with Crippen molar-refractivity contribution in [3.8, 4) is 0 Å². The number of nitro benzene ring substituents is 1. The Morgan fingerprint density at radius 1 is 0.824 bits per heavy atom.